The standard InChI is InChI=1S/C30H31F3O2/c1-3-5-17-34-28-16-15-26(29(32)30(28)33)21-9-7-20(8-10-21)22-12-14-25(27(31)18-22)23-11-13-24(6-4-2)35-19-23/h4,6-10,12,14-16,18,23-24H,3,5,11,13,17,19H2,1-2H3/b6-4+. The van der Waals surface area contributed by atoms with Gasteiger partial charge < -0.3 is 9.47 Å². The molecule has 0 aromatic heterocycles. The zero-order valence-electron chi connectivity index (χ0n) is 20.2. The first kappa shape index (κ1) is 25.1. The molecule has 5 heteroatoms. The lowest BCUT2D eigenvalue weighted by atomic mass is 9.89. The van der Waals surface area contributed by atoms with Crippen LogP contribution in [-0.2, 0) is 4.74 Å². The third-order valence-corrected chi connectivity index (χ3v) is 6.49. The van der Waals surface area contributed by atoms with Gasteiger partial charge in [0.25, 0.3) is 0 Å². The van der Waals surface area contributed by atoms with E-state index in [0.717, 1.165) is 36.8 Å². The van der Waals surface area contributed by atoms with Gasteiger partial charge in [-0.05, 0) is 66.6 Å². The first-order valence-electron chi connectivity index (χ1n) is 12.3. The normalized spacial score (nSPS) is 18.2. The van der Waals surface area contributed by atoms with Gasteiger partial charge in [-0.3, -0.25) is 0 Å². The predicted molar refractivity (Wildman–Crippen MR) is 134 cm³/mol. The third-order valence-electron chi connectivity index (χ3n) is 6.49. The van der Waals surface area contributed by atoms with Crippen LogP contribution in [0.2, 0.25) is 0 Å². The molecule has 2 unspecified atom stereocenters. The molecule has 184 valence electrons. The molecule has 2 atom stereocenters. The largest absolute Gasteiger partial charge is 0.490 e. The number of ether oxygens (including phenoxy) is 2. The number of halogens is 3. The van der Waals surface area contributed by atoms with Gasteiger partial charge in [0.05, 0.1) is 19.3 Å². The molecule has 1 heterocycles. The molecule has 35 heavy (non-hydrogen) atoms. The summed E-state index contributed by atoms with van der Waals surface area (Å²) in [5.74, 6) is -2.21. The van der Waals surface area contributed by atoms with E-state index in [2.05, 4.69) is 0 Å². The lowest BCUT2D eigenvalue weighted by Gasteiger charge is -2.28. The minimum Gasteiger partial charge on any atom is -0.490 e. The molecule has 1 aliphatic heterocycles. The Morgan fingerprint density at radius 1 is 0.914 bits per heavy atom. The number of hydrogen-bond acceptors (Lipinski definition) is 2. The maximum absolute atomic E-state index is 15.0. The van der Waals surface area contributed by atoms with Crippen LogP contribution in [0.5, 0.6) is 5.75 Å². The first-order valence-corrected chi connectivity index (χ1v) is 12.3. The second-order valence-electron chi connectivity index (χ2n) is 8.93. The Labute approximate surface area is 205 Å². The highest BCUT2D eigenvalue weighted by molar-refractivity contribution is 5.71. The average molecular weight is 481 g/mol. The summed E-state index contributed by atoms with van der Waals surface area (Å²) in [5.41, 5.74) is 2.90. The topological polar surface area (TPSA) is 18.5 Å². The van der Waals surface area contributed by atoms with E-state index < -0.39 is 11.6 Å². The minimum atomic E-state index is -0.982. The summed E-state index contributed by atoms with van der Waals surface area (Å²) < 4.78 is 55.3. The van der Waals surface area contributed by atoms with E-state index in [1.807, 2.05) is 38.1 Å². The van der Waals surface area contributed by atoms with Crippen molar-refractivity contribution in [2.24, 2.45) is 0 Å². The first-order chi connectivity index (χ1) is 17.0. The molecule has 3 aromatic carbocycles. The summed E-state index contributed by atoms with van der Waals surface area (Å²) in [5, 5.41) is 0. The molecule has 0 bridgehead atoms. The number of unbranched alkanes of at least 4 members (excludes halogenated alkanes) is 1. The van der Waals surface area contributed by atoms with Crippen LogP contribution in [-0.4, -0.2) is 19.3 Å². The van der Waals surface area contributed by atoms with Gasteiger partial charge in [-0.2, -0.15) is 4.39 Å². The van der Waals surface area contributed by atoms with Gasteiger partial charge in [0, 0.05) is 11.5 Å². The van der Waals surface area contributed by atoms with Gasteiger partial charge in [0.15, 0.2) is 11.6 Å². The molecular formula is C30H31F3O2. The Balaban J connectivity index is 1.48. The van der Waals surface area contributed by atoms with E-state index in [9.17, 15) is 13.2 Å². The quantitative estimate of drug-likeness (QED) is 0.238. The zero-order valence-corrected chi connectivity index (χ0v) is 20.2. The summed E-state index contributed by atoms with van der Waals surface area (Å²) in [6.07, 6.45) is 7.57. The highest BCUT2D eigenvalue weighted by Crippen LogP contribution is 2.34. The van der Waals surface area contributed by atoms with E-state index >= 15 is 0 Å². The predicted octanol–water partition coefficient (Wildman–Crippen LogP) is 8.46. The molecule has 0 saturated carbocycles. The Morgan fingerprint density at radius 3 is 2.31 bits per heavy atom. The average Bonchev–Trinajstić information content (AvgIpc) is 2.88. The van der Waals surface area contributed by atoms with E-state index in [1.54, 1.807) is 24.3 Å². The van der Waals surface area contributed by atoms with Crippen molar-refractivity contribution in [3.8, 4) is 28.0 Å². The summed E-state index contributed by atoms with van der Waals surface area (Å²) >= 11 is 0. The van der Waals surface area contributed by atoms with Crippen molar-refractivity contribution in [1.29, 1.82) is 0 Å². The Kier molecular flexibility index (Phi) is 8.29. The van der Waals surface area contributed by atoms with Crippen molar-refractivity contribution in [1.82, 2.24) is 0 Å². The number of rotatable bonds is 8. The van der Waals surface area contributed by atoms with Crippen LogP contribution in [0, 0.1) is 17.5 Å². The van der Waals surface area contributed by atoms with Gasteiger partial charge in [-0.1, -0.05) is 61.9 Å². The molecule has 2 nitrogen and oxygen atoms in total. The molecule has 0 spiro atoms. The molecule has 0 aliphatic carbocycles. The van der Waals surface area contributed by atoms with Gasteiger partial charge in [0.1, 0.15) is 5.82 Å². The van der Waals surface area contributed by atoms with Crippen molar-refractivity contribution >= 4 is 0 Å². The smallest absolute Gasteiger partial charge is 0.201 e. The van der Waals surface area contributed by atoms with Crippen molar-refractivity contribution < 1.29 is 22.6 Å². The van der Waals surface area contributed by atoms with Crippen molar-refractivity contribution in [2.45, 2.75) is 51.6 Å². The van der Waals surface area contributed by atoms with Crippen LogP contribution < -0.4 is 4.74 Å². The van der Waals surface area contributed by atoms with Gasteiger partial charge in [-0.15, -0.1) is 0 Å². The molecular weight excluding hydrogens is 449 g/mol. The molecule has 0 N–H and O–H groups in total. The molecule has 0 amide bonds. The lowest BCUT2D eigenvalue weighted by molar-refractivity contribution is 0.0319. The maximum atomic E-state index is 15.0. The molecule has 1 aliphatic rings. The van der Waals surface area contributed by atoms with Crippen molar-refractivity contribution in [3.05, 3.63) is 89.8 Å². The molecule has 3 aromatic rings. The van der Waals surface area contributed by atoms with Crippen molar-refractivity contribution in [2.75, 3.05) is 13.2 Å². The van der Waals surface area contributed by atoms with Crippen molar-refractivity contribution in [3.63, 3.8) is 0 Å². The zero-order chi connectivity index (χ0) is 24.8. The van der Waals surface area contributed by atoms with Crippen LogP contribution in [0.4, 0.5) is 13.2 Å². The summed E-state index contributed by atoms with van der Waals surface area (Å²) in [6, 6.07) is 15.3. The van der Waals surface area contributed by atoms with Crippen LogP contribution in [0.3, 0.4) is 0 Å². The summed E-state index contributed by atoms with van der Waals surface area (Å²) in [6.45, 7) is 4.82. The lowest BCUT2D eigenvalue weighted by Crippen LogP contribution is -2.23. The van der Waals surface area contributed by atoms with Crippen LogP contribution in [0.25, 0.3) is 22.3 Å². The van der Waals surface area contributed by atoms with Gasteiger partial charge in [0.2, 0.25) is 5.82 Å². The minimum absolute atomic E-state index is 0.0414. The Bertz CT molecular complexity index is 1160. The highest BCUT2D eigenvalue weighted by Gasteiger charge is 2.24. The second-order valence-corrected chi connectivity index (χ2v) is 8.93. The molecule has 4 rings (SSSR count). The Hall–Kier alpha value is -3.05. The molecule has 1 saturated heterocycles. The van der Waals surface area contributed by atoms with Gasteiger partial charge in [-0.25, -0.2) is 8.78 Å². The van der Waals surface area contributed by atoms with Gasteiger partial charge >= 0.3 is 0 Å². The highest BCUT2D eigenvalue weighted by atomic mass is 19.2. The van der Waals surface area contributed by atoms with E-state index in [4.69, 9.17) is 9.47 Å². The SMILES string of the molecule is C/C=C/C1CCC(c2ccc(-c3ccc(-c4ccc(OCCCC)c(F)c4F)cc3)cc2F)CO1. The fraction of sp³-hybridized carbons (Fsp3) is 0.333. The number of benzene rings is 3. The number of hydrogen-bond donors (Lipinski definition) is 0. The summed E-state index contributed by atoms with van der Waals surface area (Å²) in [7, 11) is 0. The Morgan fingerprint density at radius 2 is 1.66 bits per heavy atom. The molecule has 1 fully saturated rings. The number of allylic oxidation sites excluding steroid dienone is 1. The summed E-state index contributed by atoms with van der Waals surface area (Å²) in [4.78, 5) is 0. The third kappa shape index (κ3) is 5.79. The fourth-order valence-corrected chi connectivity index (χ4v) is 4.46. The maximum Gasteiger partial charge on any atom is 0.201 e. The van der Waals surface area contributed by atoms with E-state index in [-0.39, 0.29) is 29.2 Å². The van der Waals surface area contributed by atoms with E-state index in [1.165, 1.54) is 18.2 Å². The monoisotopic (exact) mass is 480 g/mol. The fourth-order valence-electron chi connectivity index (χ4n) is 4.46. The van der Waals surface area contributed by atoms with Crippen LogP contribution in [0.15, 0.2) is 66.7 Å². The molecule has 0 radical (unpaired) electrons. The van der Waals surface area contributed by atoms with E-state index in [0.29, 0.717) is 24.3 Å². The van der Waals surface area contributed by atoms with Crippen LogP contribution >= 0.6 is 0 Å². The van der Waals surface area contributed by atoms with Crippen LogP contribution in [0.1, 0.15) is 51.0 Å². The second kappa shape index (κ2) is 11.6.